The van der Waals surface area contributed by atoms with Crippen LogP contribution in [0.5, 0.6) is 0 Å². The summed E-state index contributed by atoms with van der Waals surface area (Å²) >= 11 is 0. The van der Waals surface area contributed by atoms with E-state index in [1.54, 1.807) is 6.92 Å². The number of hydrogen-bond donors (Lipinski definition) is 2. The number of carbonyl (C=O) groups excluding carboxylic acids is 1. The van der Waals surface area contributed by atoms with Crippen LogP contribution in [-0.2, 0) is 4.74 Å². The van der Waals surface area contributed by atoms with Crippen LogP contribution < -0.4 is 5.32 Å². The number of nitrogens with one attached hydrogen (secondary N) is 2. The van der Waals surface area contributed by atoms with Crippen molar-refractivity contribution in [1.82, 2.24) is 20.5 Å². The van der Waals surface area contributed by atoms with Crippen molar-refractivity contribution in [2.24, 2.45) is 0 Å². The Balaban J connectivity index is 2.06. The summed E-state index contributed by atoms with van der Waals surface area (Å²) in [5, 5.41) is 9.86. The Morgan fingerprint density at radius 2 is 2.53 bits per heavy atom. The topological polar surface area (TPSA) is 79.9 Å². The number of esters is 1. The summed E-state index contributed by atoms with van der Waals surface area (Å²) in [6.07, 6.45) is 2.15. The zero-order valence-corrected chi connectivity index (χ0v) is 8.62. The lowest BCUT2D eigenvalue weighted by atomic mass is 10.2. The van der Waals surface area contributed by atoms with Crippen molar-refractivity contribution in [1.29, 1.82) is 0 Å². The number of H-pyrrole nitrogens is 1. The van der Waals surface area contributed by atoms with Crippen molar-refractivity contribution in [2.45, 2.75) is 25.8 Å². The van der Waals surface area contributed by atoms with Crippen LogP contribution >= 0.6 is 0 Å². The van der Waals surface area contributed by atoms with Gasteiger partial charge >= 0.3 is 5.97 Å². The molecule has 82 valence electrons. The Kier molecular flexibility index (Phi) is 2.96. The molecule has 15 heavy (non-hydrogen) atoms. The highest BCUT2D eigenvalue weighted by molar-refractivity contribution is 5.84. The Morgan fingerprint density at radius 3 is 3.20 bits per heavy atom. The van der Waals surface area contributed by atoms with Crippen LogP contribution in [0.2, 0.25) is 0 Å². The number of aromatic nitrogens is 3. The van der Waals surface area contributed by atoms with E-state index in [0.717, 1.165) is 25.2 Å². The van der Waals surface area contributed by atoms with Gasteiger partial charge in [-0.3, -0.25) is 5.10 Å². The van der Waals surface area contributed by atoms with Gasteiger partial charge in [-0.1, -0.05) is 0 Å². The molecule has 0 bridgehead atoms. The van der Waals surface area contributed by atoms with Crippen molar-refractivity contribution >= 4 is 5.97 Å². The summed E-state index contributed by atoms with van der Waals surface area (Å²) in [5.74, 6) is 0.356. The van der Waals surface area contributed by atoms with E-state index in [4.69, 9.17) is 4.74 Å². The predicted octanol–water partition coefficient (Wildman–Crippen LogP) is 0.406. The molecule has 0 aromatic carbocycles. The maximum absolute atomic E-state index is 11.3. The smallest absolute Gasteiger partial charge is 0.378 e. The van der Waals surface area contributed by atoms with Crippen molar-refractivity contribution < 1.29 is 9.53 Å². The summed E-state index contributed by atoms with van der Waals surface area (Å²) < 4.78 is 4.80. The highest BCUT2D eigenvalue weighted by Crippen LogP contribution is 2.19. The average Bonchev–Trinajstić information content (AvgIpc) is 2.89. The number of carbonyl (C=O) groups is 1. The SMILES string of the molecule is CCOC(=O)c1n[nH]c(C2CCCN2)n1. The van der Waals surface area contributed by atoms with Gasteiger partial charge in [-0.2, -0.15) is 0 Å². The van der Waals surface area contributed by atoms with Crippen molar-refractivity contribution in [2.75, 3.05) is 13.2 Å². The monoisotopic (exact) mass is 210 g/mol. The van der Waals surface area contributed by atoms with Crippen LogP contribution in [0.3, 0.4) is 0 Å². The van der Waals surface area contributed by atoms with Crippen LogP contribution in [0.25, 0.3) is 0 Å². The van der Waals surface area contributed by atoms with Gasteiger partial charge in [0.1, 0.15) is 5.82 Å². The Labute approximate surface area is 87.4 Å². The number of aromatic amines is 1. The predicted molar refractivity (Wildman–Crippen MR) is 52.3 cm³/mol. The first-order valence-electron chi connectivity index (χ1n) is 5.14. The highest BCUT2D eigenvalue weighted by Gasteiger charge is 2.22. The van der Waals surface area contributed by atoms with Gasteiger partial charge < -0.3 is 10.1 Å². The second-order valence-corrected chi connectivity index (χ2v) is 3.41. The van der Waals surface area contributed by atoms with Gasteiger partial charge in [-0.15, -0.1) is 5.10 Å². The molecule has 0 amide bonds. The molecular formula is C9H14N4O2. The molecule has 1 aliphatic rings. The van der Waals surface area contributed by atoms with E-state index in [-0.39, 0.29) is 11.9 Å². The van der Waals surface area contributed by atoms with Crippen molar-refractivity contribution in [3.05, 3.63) is 11.6 Å². The van der Waals surface area contributed by atoms with Crippen molar-refractivity contribution in [3.8, 4) is 0 Å². The van der Waals surface area contributed by atoms with Gasteiger partial charge in [0.25, 0.3) is 5.82 Å². The molecule has 1 aromatic rings. The fraction of sp³-hybridized carbons (Fsp3) is 0.667. The lowest BCUT2D eigenvalue weighted by molar-refractivity contribution is 0.0512. The van der Waals surface area contributed by atoms with Gasteiger partial charge in [0.2, 0.25) is 0 Å². The summed E-state index contributed by atoms with van der Waals surface area (Å²) in [7, 11) is 0. The van der Waals surface area contributed by atoms with Crippen molar-refractivity contribution in [3.63, 3.8) is 0 Å². The van der Waals surface area contributed by atoms with E-state index in [9.17, 15) is 4.79 Å². The largest absolute Gasteiger partial charge is 0.460 e. The minimum Gasteiger partial charge on any atom is -0.460 e. The molecule has 0 spiro atoms. The van der Waals surface area contributed by atoms with Crippen LogP contribution in [0, 0.1) is 0 Å². The molecule has 0 aliphatic carbocycles. The lowest BCUT2D eigenvalue weighted by Crippen LogP contribution is -2.14. The number of hydrogen-bond acceptors (Lipinski definition) is 5. The average molecular weight is 210 g/mol. The first-order valence-corrected chi connectivity index (χ1v) is 5.14. The molecule has 2 heterocycles. The Morgan fingerprint density at radius 1 is 1.67 bits per heavy atom. The summed E-state index contributed by atoms with van der Waals surface area (Å²) in [5.41, 5.74) is 0. The third-order valence-corrected chi connectivity index (χ3v) is 2.35. The third kappa shape index (κ3) is 2.15. The van der Waals surface area contributed by atoms with Gasteiger partial charge in [0.05, 0.1) is 12.6 Å². The van der Waals surface area contributed by atoms with E-state index in [1.165, 1.54) is 0 Å². The second kappa shape index (κ2) is 4.39. The molecule has 1 atom stereocenters. The molecule has 1 fully saturated rings. The zero-order valence-electron chi connectivity index (χ0n) is 8.62. The molecule has 1 aliphatic heterocycles. The van der Waals surface area contributed by atoms with E-state index in [1.807, 2.05) is 0 Å². The molecule has 1 aromatic heterocycles. The second-order valence-electron chi connectivity index (χ2n) is 3.41. The minimum atomic E-state index is -0.474. The molecule has 1 unspecified atom stereocenters. The van der Waals surface area contributed by atoms with E-state index in [2.05, 4.69) is 20.5 Å². The zero-order chi connectivity index (χ0) is 10.7. The number of nitrogens with zero attached hydrogens (tertiary/aromatic N) is 2. The highest BCUT2D eigenvalue weighted by atomic mass is 16.5. The molecule has 2 rings (SSSR count). The molecule has 1 saturated heterocycles. The summed E-state index contributed by atoms with van der Waals surface area (Å²) in [6.45, 7) is 3.08. The van der Waals surface area contributed by atoms with E-state index < -0.39 is 5.97 Å². The van der Waals surface area contributed by atoms with Gasteiger partial charge in [-0.05, 0) is 26.3 Å². The maximum atomic E-state index is 11.3. The fourth-order valence-corrected chi connectivity index (χ4v) is 1.64. The minimum absolute atomic E-state index is 0.112. The van der Waals surface area contributed by atoms with Crippen LogP contribution in [0.4, 0.5) is 0 Å². The van der Waals surface area contributed by atoms with E-state index >= 15 is 0 Å². The molecule has 6 nitrogen and oxygen atoms in total. The van der Waals surface area contributed by atoms with E-state index in [0.29, 0.717) is 6.61 Å². The lowest BCUT2D eigenvalue weighted by Gasteiger charge is -2.03. The quantitative estimate of drug-likeness (QED) is 0.706. The summed E-state index contributed by atoms with van der Waals surface area (Å²) in [6, 6.07) is 0.195. The molecule has 2 N–H and O–H groups in total. The first-order chi connectivity index (χ1) is 7.31. The normalized spacial score (nSPS) is 20.5. The summed E-state index contributed by atoms with van der Waals surface area (Å²) in [4.78, 5) is 15.4. The number of ether oxygens (including phenoxy) is 1. The molecular weight excluding hydrogens is 196 g/mol. The third-order valence-electron chi connectivity index (χ3n) is 2.35. The Bertz CT molecular complexity index is 344. The van der Waals surface area contributed by atoms with Crippen LogP contribution in [0.1, 0.15) is 42.3 Å². The molecule has 6 heteroatoms. The van der Waals surface area contributed by atoms with Gasteiger partial charge in [0.15, 0.2) is 0 Å². The van der Waals surface area contributed by atoms with Crippen LogP contribution in [-0.4, -0.2) is 34.3 Å². The standard InChI is InChI=1S/C9H14N4O2/c1-2-15-9(14)8-11-7(12-13-8)6-4-3-5-10-6/h6,10H,2-5H2,1H3,(H,11,12,13). The molecule has 0 saturated carbocycles. The van der Waals surface area contributed by atoms with Gasteiger partial charge in [-0.25, -0.2) is 9.78 Å². The first kappa shape index (κ1) is 10.1. The number of rotatable bonds is 3. The fourth-order valence-electron chi connectivity index (χ4n) is 1.64. The molecule has 0 radical (unpaired) electrons. The maximum Gasteiger partial charge on any atom is 0.378 e. The van der Waals surface area contributed by atoms with Gasteiger partial charge in [0, 0.05) is 0 Å². The Hall–Kier alpha value is -1.43. The van der Waals surface area contributed by atoms with Crippen LogP contribution in [0.15, 0.2) is 0 Å².